The number of benzene rings is 1. The van der Waals surface area contributed by atoms with Gasteiger partial charge in [0, 0.05) is 18.8 Å². The van der Waals surface area contributed by atoms with Gasteiger partial charge in [0.2, 0.25) is 5.88 Å². The second-order valence-corrected chi connectivity index (χ2v) is 5.08. The molecule has 0 amide bonds. The van der Waals surface area contributed by atoms with Crippen molar-refractivity contribution in [2.45, 2.75) is 33.2 Å². The Kier molecular flexibility index (Phi) is 5.13. The van der Waals surface area contributed by atoms with Crippen LogP contribution in [0.3, 0.4) is 0 Å². The summed E-state index contributed by atoms with van der Waals surface area (Å²) in [6.45, 7) is 8.21. The van der Waals surface area contributed by atoms with Crippen LogP contribution in [0.1, 0.15) is 37.8 Å². The molecule has 0 unspecified atom stereocenters. The molecule has 2 rings (SSSR count). The highest BCUT2D eigenvalue weighted by atomic mass is 16.5. The van der Waals surface area contributed by atoms with Crippen LogP contribution < -0.4 is 10.1 Å². The van der Waals surface area contributed by atoms with Crippen LogP contribution >= 0.6 is 0 Å². The number of rotatable bonds is 6. The average Bonchev–Trinajstić information content (AvgIpc) is 2.47. The van der Waals surface area contributed by atoms with Gasteiger partial charge in [-0.15, -0.1) is 0 Å². The molecule has 1 aromatic heterocycles. The van der Waals surface area contributed by atoms with Gasteiger partial charge in [-0.2, -0.15) is 0 Å². The molecule has 0 spiro atoms. The molecule has 0 saturated carbocycles. The molecule has 0 aliphatic rings. The normalized spacial score (nSPS) is 10.8. The van der Waals surface area contributed by atoms with Crippen LogP contribution in [0.25, 0.3) is 0 Å². The monoisotopic (exact) mass is 270 g/mol. The summed E-state index contributed by atoms with van der Waals surface area (Å²) in [5.74, 6) is 1.95. The third kappa shape index (κ3) is 3.81. The Morgan fingerprint density at radius 1 is 1.15 bits per heavy atom. The van der Waals surface area contributed by atoms with E-state index in [0.717, 1.165) is 24.4 Å². The average molecular weight is 270 g/mol. The molecule has 0 aliphatic heterocycles. The number of ether oxygens (including phenoxy) is 1. The Bertz CT molecular complexity index is 535. The van der Waals surface area contributed by atoms with Gasteiger partial charge >= 0.3 is 0 Å². The van der Waals surface area contributed by atoms with Gasteiger partial charge in [0.05, 0.1) is 0 Å². The molecule has 0 radical (unpaired) electrons. The minimum Gasteiger partial charge on any atom is -0.439 e. The minimum atomic E-state index is 0.430. The Morgan fingerprint density at radius 3 is 2.60 bits per heavy atom. The number of hydrogen-bond donors (Lipinski definition) is 1. The standard InChI is InChI=1S/C17H22N2O/c1-4-18-11-14-9-10-17(19-12-14)20-16-8-6-5-7-15(16)13(2)3/h5-10,12-13,18H,4,11H2,1-3H3. The highest BCUT2D eigenvalue weighted by Gasteiger charge is 2.08. The molecule has 1 aromatic carbocycles. The summed E-state index contributed by atoms with van der Waals surface area (Å²) in [7, 11) is 0. The SMILES string of the molecule is CCNCc1ccc(Oc2ccccc2C(C)C)nc1. The molecule has 0 saturated heterocycles. The third-order valence-electron chi connectivity index (χ3n) is 3.13. The first-order valence-corrected chi connectivity index (χ1v) is 7.13. The van der Waals surface area contributed by atoms with Crippen LogP contribution in [0.15, 0.2) is 42.6 Å². The molecular formula is C17H22N2O. The third-order valence-corrected chi connectivity index (χ3v) is 3.13. The van der Waals surface area contributed by atoms with Gasteiger partial charge in [-0.25, -0.2) is 4.98 Å². The van der Waals surface area contributed by atoms with Gasteiger partial charge in [0.15, 0.2) is 0 Å². The number of nitrogens with zero attached hydrogens (tertiary/aromatic N) is 1. The molecule has 3 heteroatoms. The predicted octanol–water partition coefficient (Wildman–Crippen LogP) is 4.11. The maximum atomic E-state index is 5.90. The number of aromatic nitrogens is 1. The van der Waals surface area contributed by atoms with E-state index < -0.39 is 0 Å². The van der Waals surface area contributed by atoms with E-state index in [1.54, 1.807) is 0 Å². The Balaban J connectivity index is 2.10. The number of para-hydroxylation sites is 1. The maximum Gasteiger partial charge on any atom is 0.219 e. The minimum absolute atomic E-state index is 0.430. The molecule has 0 aliphatic carbocycles. The van der Waals surface area contributed by atoms with Crippen molar-refractivity contribution in [2.75, 3.05) is 6.54 Å². The number of nitrogens with one attached hydrogen (secondary N) is 1. The molecule has 0 atom stereocenters. The van der Waals surface area contributed by atoms with E-state index in [-0.39, 0.29) is 0 Å². The largest absolute Gasteiger partial charge is 0.439 e. The first-order valence-electron chi connectivity index (χ1n) is 7.13. The molecule has 2 aromatic rings. The van der Waals surface area contributed by atoms with E-state index in [9.17, 15) is 0 Å². The summed E-state index contributed by atoms with van der Waals surface area (Å²) in [6, 6.07) is 12.1. The van der Waals surface area contributed by atoms with Crippen molar-refractivity contribution < 1.29 is 4.74 Å². The molecule has 106 valence electrons. The fourth-order valence-corrected chi connectivity index (χ4v) is 2.01. The van der Waals surface area contributed by atoms with E-state index in [1.807, 2.05) is 36.5 Å². The highest BCUT2D eigenvalue weighted by Crippen LogP contribution is 2.29. The summed E-state index contributed by atoms with van der Waals surface area (Å²) in [6.07, 6.45) is 1.86. The fraction of sp³-hybridized carbons (Fsp3) is 0.353. The summed E-state index contributed by atoms with van der Waals surface area (Å²) >= 11 is 0. The zero-order valence-electron chi connectivity index (χ0n) is 12.4. The van der Waals surface area contributed by atoms with Crippen molar-refractivity contribution in [3.05, 3.63) is 53.7 Å². The number of pyridine rings is 1. The van der Waals surface area contributed by atoms with Crippen molar-refractivity contribution >= 4 is 0 Å². The van der Waals surface area contributed by atoms with E-state index in [2.05, 4.69) is 37.1 Å². The molecule has 1 heterocycles. The molecular weight excluding hydrogens is 248 g/mol. The van der Waals surface area contributed by atoms with Gasteiger partial charge in [-0.1, -0.05) is 45.0 Å². The van der Waals surface area contributed by atoms with Crippen molar-refractivity contribution in [1.29, 1.82) is 0 Å². The van der Waals surface area contributed by atoms with E-state index >= 15 is 0 Å². The Labute approximate surface area is 121 Å². The van der Waals surface area contributed by atoms with Crippen molar-refractivity contribution in [2.24, 2.45) is 0 Å². The maximum absolute atomic E-state index is 5.90. The van der Waals surface area contributed by atoms with Crippen LogP contribution in [0, 0.1) is 0 Å². The van der Waals surface area contributed by atoms with E-state index in [1.165, 1.54) is 5.56 Å². The molecule has 20 heavy (non-hydrogen) atoms. The zero-order chi connectivity index (χ0) is 14.4. The quantitative estimate of drug-likeness (QED) is 0.857. The summed E-state index contributed by atoms with van der Waals surface area (Å²) in [5, 5.41) is 3.28. The Morgan fingerprint density at radius 2 is 1.95 bits per heavy atom. The van der Waals surface area contributed by atoms with Crippen LogP contribution in [-0.4, -0.2) is 11.5 Å². The smallest absolute Gasteiger partial charge is 0.219 e. The summed E-state index contributed by atoms with van der Waals surface area (Å²) in [4.78, 5) is 4.37. The van der Waals surface area contributed by atoms with Crippen molar-refractivity contribution in [3.63, 3.8) is 0 Å². The van der Waals surface area contributed by atoms with Crippen LogP contribution in [0.5, 0.6) is 11.6 Å². The topological polar surface area (TPSA) is 34.1 Å². The molecule has 0 fully saturated rings. The second kappa shape index (κ2) is 7.06. The lowest BCUT2D eigenvalue weighted by molar-refractivity contribution is 0.454. The van der Waals surface area contributed by atoms with Gasteiger partial charge in [0.1, 0.15) is 5.75 Å². The van der Waals surface area contributed by atoms with Crippen LogP contribution in [0.4, 0.5) is 0 Å². The van der Waals surface area contributed by atoms with E-state index in [4.69, 9.17) is 4.74 Å². The van der Waals surface area contributed by atoms with Crippen molar-refractivity contribution in [3.8, 4) is 11.6 Å². The van der Waals surface area contributed by atoms with Crippen molar-refractivity contribution in [1.82, 2.24) is 10.3 Å². The lowest BCUT2D eigenvalue weighted by Crippen LogP contribution is -2.11. The first-order chi connectivity index (χ1) is 9.70. The zero-order valence-corrected chi connectivity index (χ0v) is 12.4. The fourth-order valence-electron chi connectivity index (χ4n) is 2.01. The second-order valence-electron chi connectivity index (χ2n) is 5.08. The summed E-state index contributed by atoms with van der Waals surface area (Å²) in [5.41, 5.74) is 2.36. The first kappa shape index (κ1) is 14.5. The van der Waals surface area contributed by atoms with E-state index in [0.29, 0.717) is 11.8 Å². The van der Waals surface area contributed by atoms with Gasteiger partial charge in [-0.3, -0.25) is 0 Å². The Hall–Kier alpha value is -1.87. The van der Waals surface area contributed by atoms with Crippen LogP contribution in [0.2, 0.25) is 0 Å². The summed E-state index contributed by atoms with van der Waals surface area (Å²) < 4.78 is 5.90. The predicted molar refractivity (Wildman–Crippen MR) is 82.2 cm³/mol. The number of hydrogen-bond acceptors (Lipinski definition) is 3. The molecule has 3 nitrogen and oxygen atoms in total. The molecule has 0 bridgehead atoms. The molecule has 1 N–H and O–H groups in total. The highest BCUT2D eigenvalue weighted by molar-refractivity contribution is 5.38. The lowest BCUT2D eigenvalue weighted by atomic mass is 10.0. The van der Waals surface area contributed by atoms with Gasteiger partial charge in [0.25, 0.3) is 0 Å². The van der Waals surface area contributed by atoms with Gasteiger partial charge in [-0.05, 0) is 29.7 Å². The van der Waals surface area contributed by atoms with Crippen LogP contribution in [-0.2, 0) is 6.54 Å². The lowest BCUT2D eigenvalue weighted by Gasteiger charge is -2.13. The van der Waals surface area contributed by atoms with Gasteiger partial charge < -0.3 is 10.1 Å².